The first-order chi connectivity index (χ1) is 12.6. The molecule has 0 aromatic heterocycles. The summed E-state index contributed by atoms with van der Waals surface area (Å²) in [5.74, 6) is 1.82. The van der Waals surface area contributed by atoms with Crippen LogP contribution in [0.4, 0.5) is 0 Å². The van der Waals surface area contributed by atoms with Crippen LogP contribution in [0.15, 0.2) is 30.3 Å². The van der Waals surface area contributed by atoms with Crippen LogP contribution in [0.2, 0.25) is 0 Å². The molecule has 0 saturated carbocycles. The normalized spacial score (nSPS) is 10.0. The molecule has 2 rings (SSSR count). The minimum atomic E-state index is -0.515. The summed E-state index contributed by atoms with van der Waals surface area (Å²) in [4.78, 5) is 12.4. The molecule has 0 radical (unpaired) electrons. The van der Waals surface area contributed by atoms with E-state index in [-0.39, 0.29) is 6.61 Å². The van der Waals surface area contributed by atoms with Gasteiger partial charge in [-0.05, 0) is 29.8 Å². The van der Waals surface area contributed by atoms with Gasteiger partial charge in [0.05, 0.1) is 41.1 Å². The molecule has 26 heavy (non-hydrogen) atoms. The Hall–Kier alpha value is -3.09. The third-order valence-corrected chi connectivity index (χ3v) is 3.72. The van der Waals surface area contributed by atoms with Gasteiger partial charge < -0.3 is 28.4 Å². The Morgan fingerprint density at radius 2 is 1.31 bits per heavy atom. The molecular weight excluding hydrogens is 340 g/mol. The van der Waals surface area contributed by atoms with Crippen molar-refractivity contribution in [3.05, 3.63) is 41.5 Å². The first-order valence-electron chi connectivity index (χ1n) is 7.76. The van der Waals surface area contributed by atoms with E-state index in [1.807, 2.05) is 0 Å². The lowest BCUT2D eigenvalue weighted by atomic mass is 10.1. The third-order valence-electron chi connectivity index (χ3n) is 3.72. The fourth-order valence-electron chi connectivity index (χ4n) is 2.40. The molecule has 0 N–H and O–H groups in total. The van der Waals surface area contributed by atoms with Crippen molar-refractivity contribution in [3.8, 4) is 28.7 Å². The quantitative estimate of drug-likeness (QED) is 0.668. The van der Waals surface area contributed by atoms with Crippen molar-refractivity contribution in [2.24, 2.45) is 0 Å². The van der Waals surface area contributed by atoms with Crippen molar-refractivity contribution in [2.75, 3.05) is 35.5 Å². The predicted molar refractivity (Wildman–Crippen MR) is 94.8 cm³/mol. The van der Waals surface area contributed by atoms with Gasteiger partial charge in [-0.2, -0.15) is 0 Å². The number of hydrogen-bond donors (Lipinski definition) is 0. The second kappa shape index (κ2) is 8.84. The zero-order valence-corrected chi connectivity index (χ0v) is 15.5. The average molecular weight is 362 g/mol. The van der Waals surface area contributed by atoms with E-state index in [2.05, 4.69) is 0 Å². The Balaban J connectivity index is 2.17. The summed E-state index contributed by atoms with van der Waals surface area (Å²) >= 11 is 0. The molecule has 0 spiro atoms. The molecule has 0 amide bonds. The number of hydrogen-bond acceptors (Lipinski definition) is 7. The SMILES string of the molecule is COc1ccc(COC(=O)c2cc(OC)c(OC)c(OC)c2)cc1OC. The molecule has 2 aromatic carbocycles. The molecule has 0 aliphatic heterocycles. The minimum absolute atomic E-state index is 0.0792. The number of ether oxygens (including phenoxy) is 6. The molecule has 2 aromatic rings. The van der Waals surface area contributed by atoms with Gasteiger partial charge in [0, 0.05) is 0 Å². The molecular formula is C19H22O7. The van der Waals surface area contributed by atoms with Gasteiger partial charge in [-0.1, -0.05) is 6.07 Å². The number of carbonyl (C=O) groups is 1. The summed E-state index contributed by atoms with van der Waals surface area (Å²) in [6.07, 6.45) is 0. The molecule has 0 atom stereocenters. The van der Waals surface area contributed by atoms with Crippen LogP contribution in [-0.4, -0.2) is 41.5 Å². The van der Waals surface area contributed by atoms with E-state index in [1.54, 1.807) is 32.4 Å². The maximum Gasteiger partial charge on any atom is 0.338 e. The zero-order chi connectivity index (χ0) is 19.1. The van der Waals surface area contributed by atoms with Crippen LogP contribution < -0.4 is 23.7 Å². The monoisotopic (exact) mass is 362 g/mol. The van der Waals surface area contributed by atoms with Gasteiger partial charge >= 0.3 is 5.97 Å². The van der Waals surface area contributed by atoms with Gasteiger partial charge in [-0.25, -0.2) is 4.79 Å². The Morgan fingerprint density at radius 1 is 0.731 bits per heavy atom. The third kappa shape index (κ3) is 4.11. The van der Waals surface area contributed by atoms with Gasteiger partial charge in [0.1, 0.15) is 6.61 Å². The van der Waals surface area contributed by atoms with E-state index >= 15 is 0 Å². The van der Waals surface area contributed by atoms with E-state index in [9.17, 15) is 4.79 Å². The molecule has 0 saturated heterocycles. The number of rotatable bonds is 8. The Labute approximate surface area is 152 Å². The van der Waals surface area contributed by atoms with Crippen LogP contribution in [0.1, 0.15) is 15.9 Å². The smallest absolute Gasteiger partial charge is 0.338 e. The van der Waals surface area contributed by atoms with E-state index in [1.165, 1.54) is 33.5 Å². The highest BCUT2D eigenvalue weighted by atomic mass is 16.5. The van der Waals surface area contributed by atoms with Crippen molar-refractivity contribution in [2.45, 2.75) is 6.61 Å². The van der Waals surface area contributed by atoms with E-state index in [0.29, 0.717) is 34.3 Å². The maximum absolute atomic E-state index is 12.4. The summed E-state index contributed by atoms with van der Waals surface area (Å²) in [7, 11) is 7.56. The number of benzene rings is 2. The fourth-order valence-corrected chi connectivity index (χ4v) is 2.40. The molecule has 0 fully saturated rings. The first-order valence-corrected chi connectivity index (χ1v) is 7.76. The number of methoxy groups -OCH3 is 5. The Morgan fingerprint density at radius 3 is 1.81 bits per heavy atom. The second-order valence-electron chi connectivity index (χ2n) is 5.18. The molecule has 7 heteroatoms. The Bertz CT molecular complexity index is 745. The van der Waals surface area contributed by atoms with Crippen molar-refractivity contribution in [1.82, 2.24) is 0 Å². The molecule has 0 unspecified atom stereocenters. The highest BCUT2D eigenvalue weighted by Gasteiger charge is 2.18. The van der Waals surface area contributed by atoms with Gasteiger partial charge in [0.15, 0.2) is 23.0 Å². The second-order valence-corrected chi connectivity index (χ2v) is 5.18. The number of esters is 1. The molecule has 0 heterocycles. The Kier molecular flexibility index (Phi) is 6.54. The fraction of sp³-hybridized carbons (Fsp3) is 0.316. The number of carbonyl (C=O) groups excluding carboxylic acids is 1. The molecule has 0 aliphatic carbocycles. The van der Waals surface area contributed by atoms with Crippen LogP contribution in [0.3, 0.4) is 0 Å². The van der Waals surface area contributed by atoms with E-state index in [4.69, 9.17) is 28.4 Å². The van der Waals surface area contributed by atoms with E-state index in [0.717, 1.165) is 5.56 Å². The summed E-state index contributed by atoms with van der Waals surface area (Å²) < 4.78 is 31.5. The lowest BCUT2D eigenvalue weighted by molar-refractivity contribution is 0.0471. The maximum atomic E-state index is 12.4. The molecule has 0 bridgehead atoms. The van der Waals surface area contributed by atoms with Crippen molar-refractivity contribution in [1.29, 1.82) is 0 Å². The van der Waals surface area contributed by atoms with Crippen LogP contribution >= 0.6 is 0 Å². The standard InChI is InChI=1S/C19H22O7/c1-21-14-7-6-12(8-15(14)22-2)11-26-19(20)13-9-16(23-3)18(25-5)17(10-13)24-4/h6-10H,11H2,1-5H3. The van der Waals surface area contributed by atoms with Gasteiger partial charge in [-0.15, -0.1) is 0 Å². The summed E-state index contributed by atoms with van der Waals surface area (Å²) in [6, 6.07) is 8.38. The summed E-state index contributed by atoms with van der Waals surface area (Å²) in [5.41, 5.74) is 1.06. The van der Waals surface area contributed by atoms with Gasteiger partial charge in [0.2, 0.25) is 5.75 Å². The average Bonchev–Trinajstić information content (AvgIpc) is 2.70. The van der Waals surface area contributed by atoms with Gasteiger partial charge in [0.25, 0.3) is 0 Å². The van der Waals surface area contributed by atoms with Crippen LogP contribution in [0.5, 0.6) is 28.7 Å². The lowest BCUT2D eigenvalue weighted by Gasteiger charge is -2.14. The van der Waals surface area contributed by atoms with Crippen molar-refractivity contribution < 1.29 is 33.2 Å². The van der Waals surface area contributed by atoms with Crippen molar-refractivity contribution in [3.63, 3.8) is 0 Å². The van der Waals surface area contributed by atoms with Crippen LogP contribution in [0.25, 0.3) is 0 Å². The molecule has 140 valence electrons. The highest BCUT2D eigenvalue weighted by Crippen LogP contribution is 2.38. The van der Waals surface area contributed by atoms with Crippen molar-refractivity contribution >= 4 is 5.97 Å². The highest BCUT2D eigenvalue weighted by molar-refractivity contribution is 5.91. The lowest BCUT2D eigenvalue weighted by Crippen LogP contribution is -2.07. The first kappa shape index (κ1) is 19.2. The van der Waals surface area contributed by atoms with Gasteiger partial charge in [-0.3, -0.25) is 0 Å². The molecule has 7 nitrogen and oxygen atoms in total. The summed E-state index contributed by atoms with van der Waals surface area (Å²) in [6.45, 7) is 0.0792. The van der Waals surface area contributed by atoms with Crippen LogP contribution in [0, 0.1) is 0 Å². The largest absolute Gasteiger partial charge is 0.493 e. The predicted octanol–water partition coefficient (Wildman–Crippen LogP) is 3.09. The minimum Gasteiger partial charge on any atom is -0.493 e. The van der Waals surface area contributed by atoms with E-state index < -0.39 is 5.97 Å². The zero-order valence-electron chi connectivity index (χ0n) is 15.5. The topological polar surface area (TPSA) is 72.5 Å². The van der Waals surface area contributed by atoms with Crippen LogP contribution in [-0.2, 0) is 11.3 Å². The molecule has 0 aliphatic rings. The summed E-state index contributed by atoms with van der Waals surface area (Å²) in [5, 5.41) is 0.